The van der Waals surface area contributed by atoms with Crippen molar-refractivity contribution in [2.24, 2.45) is 23.7 Å². The minimum atomic E-state index is -0.658. The maximum atomic E-state index is 11.3. The summed E-state index contributed by atoms with van der Waals surface area (Å²) in [6.07, 6.45) is 2.56. The van der Waals surface area contributed by atoms with Crippen LogP contribution in [0.5, 0.6) is 0 Å². The second-order valence-corrected chi connectivity index (χ2v) is 6.87. The summed E-state index contributed by atoms with van der Waals surface area (Å²) in [5.41, 5.74) is -0.101. The van der Waals surface area contributed by atoms with E-state index < -0.39 is 5.97 Å². The Morgan fingerprint density at radius 3 is 2.37 bits per heavy atom. The molecule has 19 heavy (non-hydrogen) atoms. The van der Waals surface area contributed by atoms with Crippen molar-refractivity contribution in [1.29, 1.82) is 0 Å². The first kappa shape index (κ1) is 16.5. The minimum Gasteiger partial charge on any atom is -0.481 e. The fourth-order valence-corrected chi connectivity index (χ4v) is 3.81. The molecule has 112 valence electrons. The molecule has 4 atom stereocenters. The summed E-state index contributed by atoms with van der Waals surface area (Å²) < 4.78 is 0. The maximum Gasteiger partial charge on any atom is 0.305 e. The fourth-order valence-electron chi connectivity index (χ4n) is 3.81. The predicted octanol–water partition coefficient (Wildman–Crippen LogP) is 3.49. The Bertz CT molecular complexity index is 316. The molecule has 0 amide bonds. The molecular formula is C16H31NO2. The second-order valence-electron chi connectivity index (χ2n) is 6.87. The van der Waals surface area contributed by atoms with E-state index in [9.17, 15) is 9.90 Å². The Morgan fingerprint density at radius 1 is 1.37 bits per heavy atom. The first-order valence-corrected chi connectivity index (χ1v) is 7.70. The lowest BCUT2D eigenvalue weighted by atomic mass is 9.96. The van der Waals surface area contributed by atoms with Gasteiger partial charge in [-0.25, -0.2) is 0 Å². The van der Waals surface area contributed by atoms with Gasteiger partial charge in [0.15, 0.2) is 0 Å². The average Bonchev–Trinajstić information content (AvgIpc) is 2.90. The number of aliphatic carboxylic acids is 1. The average molecular weight is 269 g/mol. The van der Waals surface area contributed by atoms with Crippen molar-refractivity contribution in [2.45, 2.75) is 59.4 Å². The van der Waals surface area contributed by atoms with E-state index in [4.69, 9.17) is 0 Å². The lowest BCUT2D eigenvalue weighted by Gasteiger charge is -2.31. The van der Waals surface area contributed by atoms with Gasteiger partial charge in [-0.05, 0) is 43.7 Å². The molecule has 0 radical (unpaired) electrons. The number of carboxylic acid groups (broad SMARTS) is 1. The molecule has 3 heteroatoms. The van der Waals surface area contributed by atoms with Crippen LogP contribution in [-0.2, 0) is 4.79 Å². The van der Waals surface area contributed by atoms with Gasteiger partial charge >= 0.3 is 5.97 Å². The Hall–Kier alpha value is -0.570. The molecule has 0 bridgehead atoms. The predicted molar refractivity (Wildman–Crippen MR) is 79.2 cm³/mol. The Balaban J connectivity index is 2.81. The van der Waals surface area contributed by atoms with E-state index >= 15 is 0 Å². The number of nitrogens with zero attached hydrogens (tertiary/aromatic N) is 1. The molecule has 0 saturated heterocycles. The number of hydrogen-bond acceptors (Lipinski definition) is 2. The molecular weight excluding hydrogens is 238 g/mol. The maximum absolute atomic E-state index is 11.3. The highest BCUT2D eigenvalue weighted by Gasteiger charge is 2.65. The van der Waals surface area contributed by atoms with Gasteiger partial charge < -0.3 is 5.11 Å². The van der Waals surface area contributed by atoms with Crippen LogP contribution in [0.1, 0.15) is 53.9 Å². The summed E-state index contributed by atoms with van der Waals surface area (Å²) in [5.74, 6) is 1.65. The smallest absolute Gasteiger partial charge is 0.305 e. The Kier molecular flexibility index (Phi) is 5.43. The summed E-state index contributed by atoms with van der Waals surface area (Å²) in [4.78, 5) is 13.6. The number of rotatable bonds is 8. The molecule has 0 aromatic heterocycles. The van der Waals surface area contributed by atoms with E-state index in [2.05, 4.69) is 46.6 Å². The molecule has 1 fully saturated rings. The van der Waals surface area contributed by atoms with Gasteiger partial charge in [0.05, 0.1) is 6.42 Å². The molecule has 0 aliphatic heterocycles. The topological polar surface area (TPSA) is 40.5 Å². The van der Waals surface area contributed by atoms with Gasteiger partial charge in [0.2, 0.25) is 0 Å². The van der Waals surface area contributed by atoms with Gasteiger partial charge in [0.1, 0.15) is 0 Å². The highest BCUT2D eigenvalue weighted by Crippen LogP contribution is 2.60. The van der Waals surface area contributed by atoms with Crippen molar-refractivity contribution in [3.05, 3.63) is 0 Å². The molecule has 0 aromatic rings. The molecule has 1 aliphatic carbocycles. The standard InChI is InChI=1S/C16H31NO2/c1-7-12(4)15-13(5)16(15,10-14(18)19)17(6)9-8-11(2)3/h11-13,15H,7-10H2,1-6H3,(H,18,19). The van der Waals surface area contributed by atoms with Crippen LogP contribution < -0.4 is 0 Å². The Morgan fingerprint density at radius 2 is 1.95 bits per heavy atom. The van der Waals surface area contributed by atoms with Crippen molar-refractivity contribution in [1.82, 2.24) is 4.90 Å². The normalized spacial score (nSPS) is 31.8. The summed E-state index contributed by atoms with van der Waals surface area (Å²) in [5, 5.41) is 9.28. The van der Waals surface area contributed by atoms with Crippen LogP contribution >= 0.6 is 0 Å². The van der Waals surface area contributed by atoms with Crippen molar-refractivity contribution >= 4 is 5.97 Å². The van der Waals surface area contributed by atoms with Crippen molar-refractivity contribution in [3.63, 3.8) is 0 Å². The third-order valence-corrected chi connectivity index (χ3v) is 5.24. The van der Waals surface area contributed by atoms with Gasteiger partial charge in [-0.2, -0.15) is 0 Å². The van der Waals surface area contributed by atoms with Crippen molar-refractivity contribution in [2.75, 3.05) is 13.6 Å². The van der Waals surface area contributed by atoms with E-state index in [1.54, 1.807) is 0 Å². The van der Waals surface area contributed by atoms with Crippen LogP contribution in [0.3, 0.4) is 0 Å². The molecule has 0 spiro atoms. The molecule has 4 unspecified atom stereocenters. The summed E-state index contributed by atoms with van der Waals surface area (Å²) in [7, 11) is 2.12. The molecule has 1 rings (SSSR count). The van der Waals surface area contributed by atoms with Crippen molar-refractivity contribution < 1.29 is 9.90 Å². The highest BCUT2D eigenvalue weighted by molar-refractivity contribution is 5.69. The molecule has 0 heterocycles. The molecule has 1 aliphatic rings. The summed E-state index contributed by atoms with van der Waals surface area (Å²) in [6.45, 7) is 12.1. The van der Waals surface area contributed by atoms with Crippen molar-refractivity contribution in [3.8, 4) is 0 Å². The van der Waals surface area contributed by atoms with Gasteiger partial charge in [0, 0.05) is 5.54 Å². The number of carbonyl (C=O) groups is 1. The molecule has 0 aromatic carbocycles. The Labute approximate surface area is 118 Å². The second kappa shape index (κ2) is 6.25. The molecule has 3 nitrogen and oxygen atoms in total. The van der Waals surface area contributed by atoms with Gasteiger partial charge in [-0.1, -0.05) is 41.0 Å². The molecule has 1 N–H and O–H groups in total. The van der Waals surface area contributed by atoms with E-state index in [1.807, 2.05) is 0 Å². The first-order chi connectivity index (χ1) is 8.77. The van der Waals surface area contributed by atoms with Gasteiger partial charge in [-0.3, -0.25) is 9.69 Å². The highest BCUT2D eigenvalue weighted by atomic mass is 16.4. The van der Waals surface area contributed by atoms with E-state index in [0.717, 1.165) is 19.4 Å². The monoisotopic (exact) mass is 269 g/mol. The first-order valence-electron chi connectivity index (χ1n) is 7.70. The zero-order valence-electron chi connectivity index (χ0n) is 13.4. The van der Waals surface area contributed by atoms with Crippen LogP contribution in [0.2, 0.25) is 0 Å². The zero-order valence-corrected chi connectivity index (χ0v) is 13.4. The van der Waals surface area contributed by atoms with Crippen LogP contribution in [0, 0.1) is 23.7 Å². The largest absolute Gasteiger partial charge is 0.481 e. The quantitative estimate of drug-likeness (QED) is 0.733. The SMILES string of the molecule is CCC(C)C1C(C)C1(CC(=O)O)N(C)CCC(C)C. The van der Waals surface area contributed by atoms with Gasteiger partial charge in [-0.15, -0.1) is 0 Å². The zero-order chi connectivity index (χ0) is 14.8. The fraction of sp³-hybridized carbons (Fsp3) is 0.938. The van der Waals surface area contributed by atoms with E-state index in [-0.39, 0.29) is 12.0 Å². The van der Waals surface area contributed by atoms with Crippen LogP contribution in [0.4, 0.5) is 0 Å². The third-order valence-electron chi connectivity index (χ3n) is 5.24. The summed E-state index contributed by atoms with van der Waals surface area (Å²) >= 11 is 0. The lowest BCUT2D eigenvalue weighted by Crippen LogP contribution is -2.40. The van der Waals surface area contributed by atoms with Crippen LogP contribution in [0.25, 0.3) is 0 Å². The minimum absolute atomic E-state index is 0.101. The number of carboxylic acids is 1. The van der Waals surface area contributed by atoms with Crippen LogP contribution in [0.15, 0.2) is 0 Å². The number of hydrogen-bond donors (Lipinski definition) is 1. The third kappa shape index (κ3) is 3.31. The van der Waals surface area contributed by atoms with Crippen LogP contribution in [-0.4, -0.2) is 35.1 Å². The van der Waals surface area contributed by atoms with E-state index in [0.29, 0.717) is 23.7 Å². The molecule has 1 saturated carbocycles. The lowest BCUT2D eigenvalue weighted by molar-refractivity contribution is -0.139. The van der Waals surface area contributed by atoms with E-state index in [1.165, 1.54) is 0 Å². The van der Waals surface area contributed by atoms with Gasteiger partial charge in [0.25, 0.3) is 0 Å². The summed E-state index contributed by atoms with van der Waals surface area (Å²) in [6, 6.07) is 0.